The van der Waals surface area contributed by atoms with Crippen molar-refractivity contribution in [2.75, 3.05) is 5.75 Å². The SMILES string of the molecule is CCc1nn(C)c2c1nc(SCC(=O)O)n2CCC(C)C. The Labute approximate surface area is 128 Å². The highest BCUT2D eigenvalue weighted by molar-refractivity contribution is 7.99. The average Bonchev–Trinajstić information content (AvgIpc) is 2.92. The standard InChI is InChI=1S/C14H22N4O2S/c1-5-10-12-13(17(4)16-10)18(7-6-9(2)3)14(15-12)21-8-11(19)20/h9H,5-8H2,1-4H3,(H,19,20). The summed E-state index contributed by atoms with van der Waals surface area (Å²) < 4.78 is 3.96. The second-order valence-electron chi connectivity index (χ2n) is 5.51. The molecule has 2 rings (SSSR count). The summed E-state index contributed by atoms with van der Waals surface area (Å²) in [6.45, 7) is 7.25. The van der Waals surface area contributed by atoms with E-state index in [0.717, 1.165) is 41.4 Å². The molecule has 2 aromatic heterocycles. The Kier molecular flexibility index (Phi) is 4.92. The second kappa shape index (κ2) is 6.51. The molecule has 0 saturated heterocycles. The van der Waals surface area contributed by atoms with Gasteiger partial charge in [0.05, 0.1) is 11.4 Å². The number of carboxylic acid groups (broad SMARTS) is 1. The van der Waals surface area contributed by atoms with E-state index in [4.69, 9.17) is 5.11 Å². The number of aryl methyl sites for hydroxylation is 3. The van der Waals surface area contributed by atoms with Crippen molar-refractivity contribution >= 4 is 28.9 Å². The third-order valence-electron chi connectivity index (χ3n) is 3.35. The van der Waals surface area contributed by atoms with Gasteiger partial charge in [0.2, 0.25) is 0 Å². The van der Waals surface area contributed by atoms with Crippen molar-refractivity contribution < 1.29 is 9.90 Å². The fourth-order valence-corrected chi connectivity index (χ4v) is 3.03. The van der Waals surface area contributed by atoms with E-state index >= 15 is 0 Å². The van der Waals surface area contributed by atoms with Gasteiger partial charge >= 0.3 is 5.97 Å². The van der Waals surface area contributed by atoms with Crippen LogP contribution in [0.4, 0.5) is 0 Å². The lowest BCUT2D eigenvalue weighted by Gasteiger charge is -2.10. The zero-order valence-corrected chi connectivity index (χ0v) is 13.8. The second-order valence-corrected chi connectivity index (χ2v) is 6.45. The minimum Gasteiger partial charge on any atom is -0.481 e. The normalized spacial score (nSPS) is 11.7. The fraction of sp³-hybridized carbons (Fsp3) is 0.643. The third kappa shape index (κ3) is 3.40. The van der Waals surface area contributed by atoms with Crippen molar-refractivity contribution in [2.45, 2.75) is 45.3 Å². The largest absolute Gasteiger partial charge is 0.481 e. The van der Waals surface area contributed by atoms with E-state index in [1.807, 2.05) is 11.7 Å². The van der Waals surface area contributed by atoms with Crippen LogP contribution in [-0.4, -0.2) is 36.2 Å². The topological polar surface area (TPSA) is 72.9 Å². The van der Waals surface area contributed by atoms with Gasteiger partial charge in [-0.3, -0.25) is 9.48 Å². The summed E-state index contributed by atoms with van der Waals surface area (Å²) in [4.78, 5) is 15.5. The molecule has 0 aliphatic heterocycles. The van der Waals surface area contributed by atoms with E-state index in [9.17, 15) is 4.79 Å². The van der Waals surface area contributed by atoms with E-state index in [0.29, 0.717) is 5.92 Å². The molecule has 6 nitrogen and oxygen atoms in total. The number of carboxylic acids is 1. The Morgan fingerprint density at radius 1 is 1.43 bits per heavy atom. The van der Waals surface area contributed by atoms with E-state index in [-0.39, 0.29) is 5.75 Å². The molecule has 0 unspecified atom stereocenters. The van der Waals surface area contributed by atoms with Crippen LogP contribution in [0, 0.1) is 5.92 Å². The lowest BCUT2D eigenvalue weighted by Crippen LogP contribution is -2.08. The molecule has 0 amide bonds. The minimum absolute atomic E-state index is 0.0277. The molecule has 2 aromatic rings. The van der Waals surface area contributed by atoms with Gasteiger partial charge in [-0.1, -0.05) is 32.5 Å². The van der Waals surface area contributed by atoms with E-state index in [1.54, 1.807) is 0 Å². The lowest BCUT2D eigenvalue weighted by molar-refractivity contribution is -0.133. The minimum atomic E-state index is -0.823. The first-order valence-corrected chi connectivity index (χ1v) is 8.19. The highest BCUT2D eigenvalue weighted by Gasteiger charge is 2.19. The van der Waals surface area contributed by atoms with Gasteiger partial charge in [0.25, 0.3) is 0 Å². The number of nitrogens with zero attached hydrogens (tertiary/aromatic N) is 4. The van der Waals surface area contributed by atoms with Crippen LogP contribution < -0.4 is 0 Å². The van der Waals surface area contributed by atoms with Gasteiger partial charge in [0, 0.05) is 13.6 Å². The Morgan fingerprint density at radius 3 is 2.71 bits per heavy atom. The summed E-state index contributed by atoms with van der Waals surface area (Å²) in [6.07, 6.45) is 1.85. The smallest absolute Gasteiger partial charge is 0.313 e. The summed E-state index contributed by atoms with van der Waals surface area (Å²) >= 11 is 1.28. The molecule has 116 valence electrons. The number of fused-ring (bicyclic) bond motifs is 1. The molecular formula is C14H22N4O2S. The fourth-order valence-electron chi connectivity index (χ4n) is 2.29. The molecule has 0 aliphatic rings. The maximum atomic E-state index is 10.8. The summed E-state index contributed by atoms with van der Waals surface area (Å²) in [5.41, 5.74) is 2.85. The van der Waals surface area contributed by atoms with Crippen molar-refractivity contribution in [1.29, 1.82) is 0 Å². The molecule has 1 N–H and O–H groups in total. The number of imidazole rings is 1. The maximum Gasteiger partial charge on any atom is 0.313 e. The van der Waals surface area contributed by atoms with Gasteiger partial charge < -0.3 is 9.67 Å². The summed E-state index contributed by atoms with van der Waals surface area (Å²) in [6, 6.07) is 0. The highest BCUT2D eigenvalue weighted by Crippen LogP contribution is 2.27. The molecule has 0 spiro atoms. The molecule has 2 heterocycles. The number of hydrogen-bond acceptors (Lipinski definition) is 4. The molecule has 0 aromatic carbocycles. The molecule has 7 heteroatoms. The van der Waals surface area contributed by atoms with Gasteiger partial charge in [0.15, 0.2) is 10.8 Å². The van der Waals surface area contributed by atoms with E-state index in [2.05, 4.69) is 35.4 Å². The quantitative estimate of drug-likeness (QED) is 0.796. The van der Waals surface area contributed by atoms with Crippen LogP contribution in [0.3, 0.4) is 0 Å². The highest BCUT2D eigenvalue weighted by atomic mass is 32.2. The van der Waals surface area contributed by atoms with Crippen LogP contribution in [-0.2, 0) is 24.8 Å². The van der Waals surface area contributed by atoms with Crippen LogP contribution in [0.5, 0.6) is 0 Å². The number of rotatable bonds is 7. The van der Waals surface area contributed by atoms with Gasteiger partial charge in [-0.05, 0) is 18.8 Å². The number of carbonyl (C=O) groups is 1. The van der Waals surface area contributed by atoms with Gasteiger partial charge in [-0.2, -0.15) is 5.10 Å². The van der Waals surface area contributed by atoms with Crippen LogP contribution in [0.2, 0.25) is 0 Å². The monoisotopic (exact) mass is 310 g/mol. The van der Waals surface area contributed by atoms with Crippen molar-refractivity contribution in [2.24, 2.45) is 13.0 Å². The summed E-state index contributed by atoms with van der Waals surface area (Å²) in [7, 11) is 1.92. The Morgan fingerprint density at radius 2 is 2.14 bits per heavy atom. The van der Waals surface area contributed by atoms with Crippen LogP contribution in [0.25, 0.3) is 11.2 Å². The Hall–Kier alpha value is -1.50. The van der Waals surface area contributed by atoms with Gasteiger partial charge in [-0.25, -0.2) is 4.98 Å². The zero-order valence-electron chi connectivity index (χ0n) is 13.0. The molecule has 0 radical (unpaired) electrons. The van der Waals surface area contributed by atoms with Crippen molar-refractivity contribution in [3.05, 3.63) is 5.69 Å². The van der Waals surface area contributed by atoms with Crippen molar-refractivity contribution in [3.8, 4) is 0 Å². The average molecular weight is 310 g/mol. The van der Waals surface area contributed by atoms with Crippen LogP contribution in [0.15, 0.2) is 5.16 Å². The van der Waals surface area contributed by atoms with E-state index in [1.165, 1.54) is 11.8 Å². The number of aromatic nitrogens is 4. The molecule has 0 saturated carbocycles. The van der Waals surface area contributed by atoms with Crippen molar-refractivity contribution in [3.63, 3.8) is 0 Å². The number of aliphatic carboxylic acids is 1. The maximum absolute atomic E-state index is 10.8. The molecule has 21 heavy (non-hydrogen) atoms. The number of hydrogen-bond donors (Lipinski definition) is 1. The predicted octanol–water partition coefficient (Wildman–Crippen LogP) is 2.56. The van der Waals surface area contributed by atoms with Crippen molar-refractivity contribution in [1.82, 2.24) is 19.3 Å². The first kappa shape index (κ1) is 15.9. The molecule has 0 atom stereocenters. The van der Waals surface area contributed by atoms with Crippen LogP contribution >= 0.6 is 11.8 Å². The number of thioether (sulfide) groups is 1. The Bertz CT molecular complexity index is 645. The van der Waals surface area contributed by atoms with Crippen LogP contribution in [0.1, 0.15) is 32.9 Å². The first-order chi connectivity index (χ1) is 9.93. The predicted molar refractivity (Wildman–Crippen MR) is 83.7 cm³/mol. The van der Waals surface area contributed by atoms with Gasteiger partial charge in [-0.15, -0.1) is 0 Å². The van der Waals surface area contributed by atoms with Gasteiger partial charge in [0.1, 0.15) is 5.52 Å². The van der Waals surface area contributed by atoms with E-state index < -0.39 is 5.97 Å². The summed E-state index contributed by atoms with van der Waals surface area (Å²) in [5.74, 6) is -0.213. The zero-order chi connectivity index (χ0) is 15.6. The summed E-state index contributed by atoms with van der Waals surface area (Å²) in [5, 5.41) is 14.2. The third-order valence-corrected chi connectivity index (χ3v) is 4.31. The Balaban J connectivity index is 2.44. The lowest BCUT2D eigenvalue weighted by atomic mass is 10.1. The molecular weight excluding hydrogens is 288 g/mol. The first-order valence-electron chi connectivity index (χ1n) is 7.20. The molecule has 0 fully saturated rings. The molecule has 0 aliphatic carbocycles. The molecule has 0 bridgehead atoms.